The zero-order valence-electron chi connectivity index (χ0n) is 7.88. The molecule has 5 nitrogen and oxygen atoms in total. The van der Waals surface area contributed by atoms with Gasteiger partial charge in [-0.1, -0.05) is 0 Å². The first-order valence-corrected chi connectivity index (χ1v) is 5.02. The molecular formula is C8H10N4OS. The van der Waals surface area contributed by atoms with Crippen molar-refractivity contribution in [2.45, 2.75) is 13.0 Å². The van der Waals surface area contributed by atoms with E-state index in [-0.39, 0.29) is 0 Å². The van der Waals surface area contributed by atoms with E-state index in [0.717, 1.165) is 10.4 Å². The van der Waals surface area contributed by atoms with Crippen molar-refractivity contribution in [1.82, 2.24) is 20.2 Å². The number of tetrazole rings is 1. The molecule has 74 valence electrons. The Hall–Kier alpha value is -1.27. The van der Waals surface area contributed by atoms with Gasteiger partial charge in [0, 0.05) is 4.88 Å². The first-order chi connectivity index (χ1) is 6.66. The van der Waals surface area contributed by atoms with Crippen molar-refractivity contribution in [3.05, 3.63) is 27.7 Å². The Balaban J connectivity index is 2.28. The highest BCUT2D eigenvalue weighted by molar-refractivity contribution is 7.10. The van der Waals surface area contributed by atoms with Crippen LogP contribution in [0.4, 0.5) is 0 Å². The second kappa shape index (κ2) is 3.47. The molecule has 0 bridgehead atoms. The van der Waals surface area contributed by atoms with Crippen molar-refractivity contribution >= 4 is 11.3 Å². The molecule has 2 rings (SSSR count). The van der Waals surface area contributed by atoms with Crippen LogP contribution in [-0.4, -0.2) is 25.3 Å². The fourth-order valence-corrected chi connectivity index (χ4v) is 1.89. The van der Waals surface area contributed by atoms with Crippen LogP contribution < -0.4 is 0 Å². The van der Waals surface area contributed by atoms with Gasteiger partial charge in [0.25, 0.3) is 0 Å². The van der Waals surface area contributed by atoms with E-state index in [0.29, 0.717) is 5.82 Å². The summed E-state index contributed by atoms with van der Waals surface area (Å²) >= 11 is 1.59. The van der Waals surface area contributed by atoms with E-state index in [4.69, 9.17) is 0 Å². The lowest BCUT2D eigenvalue weighted by molar-refractivity contribution is 0.210. The molecule has 0 fully saturated rings. The van der Waals surface area contributed by atoms with Crippen LogP contribution in [0.3, 0.4) is 0 Å². The van der Waals surface area contributed by atoms with Crippen molar-refractivity contribution in [1.29, 1.82) is 0 Å². The highest BCUT2D eigenvalue weighted by Crippen LogP contribution is 2.23. The summed E-state index contributed by atoms with van der Waals surface area (Å²) in [5.74, 6) is 0.338. The zero-order valence-corrected chi connectivity index (χ0v) is 8.69. The van der Waals surface area contributed by atoms with Gasteiger partial charge >= 0.3 is 0 Å². The summed E-state index contributed by atoms with van der Waals surface area (Å²) < 4.78 is 0. The molecule has 0 spiro atoms. The summed E-state index contributed by atoms with van der Waals surface area (Å²) in [7, 11) is 1.67. The van der Waals surface area contributed by atoms with E-state index in [9.17, 15) is 5.11 Å². The van der Waals surface area contributed by atoms with Crippen LogP contribution in [0.15, 0.2) is 11.4 Å². The summed E-state index contributed by atoms with van der Waals surface area (Å²) in [6, 6.07) is 1.92. The Morgan fingerprint density at radius 3 is 2.86 bits per heavy atom. The van der Waals surface area contributed by atoms with Crippen molar-refractivity contribution in [3.8, 4) is 0 Å². The predicted molar refractivity (Wildman–Crippen MR) is 51.9 cm³/mol. The lowest BCUT2D eigenvalue weighted by Gasteiger charge is -2.01. The van der Waals surface area contributed by atoms with Gasteiger partial charge < -0.3 is 5.11 Å². The van der Waals surface area contributed by atoms with E-state index in [1.54, 1.807) is 18.4 Å². The molecule has 2 aromatic rings. The van der Waals surface area contributed by atoms with Crippen LogP contribution in [0.1, 0.15) is 22.4 Å². The van der Waals surface area contributed by atoms with Gasteiger partial charge in [0.1, 0.15) is 6.10 Å². The van der Waals surface area contributed by atoms with Crippen LogP contribution in [0, 0.1) is 6.92 Å². The molecule has 0 aliphatic rings. The fraction of sp³-hybridized carbons (Fsp3) is 0.375. The van der Waals surface area contributed by atoms with Crippen LogP contribution >= 0.6 is 11.3 Å². The fourth-order valence-electron chi connectivity index (χ4n) is 1.16. The predicted octanol–water partition coefficient (Wildman–Crippen LogP) is 0.662. The van der Waals surface area contributed by atoms with Gasteiger partial charge in [-0.15, -0.1) is 21.5 Å². The molecule has 2 aromatic heterocycles. The maximum absolute atomic E-state index is 9.85. The third kappa shape index (κ3) is 1.66. The second-order valence-corrected chi connectivity index (χ2v) is 4.15. The minimum absolute atomic E-state index is 0.338. The van der Waals surface area contributed by atoms with Gasteiger partial charge in [0.2, 0.25) is 5.82 Å². The molecule has 1 N–H and O–H groups in total. The van der Waals surface area contributed by atoms with Gasteiger partial charge in [-0.25, -0.2) is 0 Å². The van der Waals surface area contributed by atoms with Gasteiger partial charge in [0.05, 0.1) is 7.05 Å². The number of aryl methyl sites for hydroxylation is 2. The van der Waals surface area contributed by atoms with Crippen LogP contribution in [0.25, 0.3) is 0 Å². The monoisotopic (exact) mass is 210 g/mol. The molecule has 0 aliphatic carbocycles. The number of aromatic nitrogens is 4. The Labute approximate surface area is 85.0 Å². The molecule has 0 amide bonds. The number of aliphatic hydroxyl groups is 1. The largest absolute Gasteiger partial charge is 0.380 e. The lowest BCUT2D eigenvalue weighted by Crippen LogP contribution is -2.01. The molecule has 6 heteroatoms. The molecule has 14 heavy (non-hydrogen) atoms. The maximum Gasteiger partial charge on any atom is 0.207 e. The summed E-state index contributed by atoms with van der Waals surface area (Å²) in [6.07, 6.45) is -0.770. The first-order valence-electron chi connectivity index (χ1n) is 4.14. The lowest BCUT2D eigenvalue weighted by atomic mass is 10.2. The zero-order chi connectivity index (χ0) is 10.1. The normalized spacial score (nSPS) is 13.1. The van der Waals surface area contributed by atoms with Gasteiger partial charge in [-0.05, 0) is 29.1 Å². The van der Waals surface area contributed by atoms with Gasteiger partial charge in [0.15, 0.2) is 0 Å². The summed E-state index contributed by atoms with van der Waals surface area (Å²) in [6.45, 7) is 1.99. The van der Waals surface area contributed by atoms with E-state index in [2.05, 4.69) is 15.4 Å². The van der Waals surface area contributed by atoms with E-state index < -0.39 is 6.10 Å². The van der Waals surface area contributed by atoms with Crippen molar-refractivity contribution in [3.63, 3.8) is 0 Å². The number of hydrogen-bond donors (Lipinski definition) is 1. The van der Waals surface area contributed by atoms with Gasteiger partial charge in [-0.2, -0.15) is 4.80 Å². The first kappa shape index (κ1) is 9.29. The Bertz CT molecular complexity index is 396. The number of thiophene rings is 1. The molecule has 1 atom stereocenters. The van der Waals surface area contributed by atoms with Crippen molar-refractivity contribution in [2.24, 2.45) is 7.05 Å². The smallest absolute Gasteiger partial charge is 0.207 e. The number of nitrogens with zero attached hydrogens (tertiary/aromatic N) is 4. The highest BCUT2D eigenvalue weighted by Gasteiger charge is 2.16. The third-order valence-corrected chi connectivity index (χ3v) is 2.71. The molecular weight excluding hydrogens is 200 g/mol. The minimum Gasteiger partial charge on any atom is -0.380 e. The maximum atomic E-state index is 9.85. The molecule has 0 aromatic carbocycles. The third-order valence-electron chi connectivity index (χ3n) is 1.83. The average Bonchev–Trinajstić information content (AvgIpc) is 2.73. The molecule has 0 saturated heterocycles. The van der Waals surface area contributed by atoms with E-state index in [1.165, 1.54) is 4.80 Å². The molecule has 0 aliphatic heterocycles. The Kier molecular flexibility index (Phi) is 2.30. The Morgan fingerprint density at radius 2 is 2.36 bits per heavy atom. The topological polar surface area (TPSA) is 63.8 Å². The quantitative estimate of drug-likeness (QED) is 0.791. The number of rotatable bonds is 2. The van der Waals surface area contributed by atoms with Crippen LogP contribution in [0.5, 0.6) is 0 Å². The summed E-state index contributed by atoms with van der Waals surface area (Å²) in [5, 5.41) is 23.1. The van der Waals surface area contributed by atoms with Gasteiger partial charge in [-0.3, -0.25) is 0 Å². The number of aliphatic hydroxyl groups excluding tert-OH is 1. The Morgan fingerprint density at radius 1 is 1.57 bits per heavy atom. The molecule has 1 unspecified atom stereocenters. The van der Waals surface area contributed by atoms with E-state index in [1.807, 2.05) is 18.4 Å². The molecule has 0 saturated carbocycles. The van der Waals surface area contributed by atoms with Crippen molar-refractivity contribution in [2.75, 3.05) is 0 Å². The minimum atomic E-state index is -0.770. The van der Waals surface area contributed by atoms with Crippen LogP contribution in [-0.2, 0) is 7.05 Å². The summed E-state index contributed by atoms with van der Waals surface area (Å²) in [4.78, 5) is 2.49. The summed E-state index contributed by atoms with van der Waals surface area (Å²) in [5.41, 5.74) is 0.820. The average molecular weight is 210 g/mol. The number of hydrogen-bond acceptors (Lipinski definition) is 5. The molecule has 2 heterocycles. The van der Waals surface area contributed by atoms with E-state index >= 15 is 0 Å². The highest BCUT2D eigenvalue weighted by atomic mass is 32.1. The standard InChI is InChI=1S/C8H10N4OS/c1-5-3-6(4-14-5)7(13)8-9-11-12(2)10-8/h3-4,7,13H,1-2H3. The van der Waals surface area contributed by atoms with Crippen molar-refractivity contribution < 1.29 is 5.11 Å². The molecule has 0 radical (unpaired) electrons. The second-order valence-electron chi connectivity index (χ2n) is 3.03. The van der Waals surface area contributed by atoms with Crippen LogP contribution in [0.2, 0.25) is 0 Å². The SMILES string of the molecule is Cc1cc(C(O)c2nnn(C)n2)cs1.